The summed E-state index contributed by atoms with van der Waals surface area (Å²) in [5.41, 5.74) is -0.908. The minimum atomic E-state index is -1.67. The van der Waals surface area contributed by atoms with Crippen LogP contribution in [-0.2, 0) is 0 Å². The maximum Gasteiger partial charge on any atom is 0.411 e. The molecule has 0 spiro atoms. The molecule has 0 aliphatic carbocycles. The van der Waals surface area contributed by atoms with Crippen LogP contribution in [0.25, 0.3) is 0 Å². The average molecular weight is 238 g/mol. The molecule has 2 amide bonds. The fourth-order valence-electron chi connectivity index (χ4n) is 0.874. The maximum atomic E-state index is 12.9. The number of halogens is 3. The van der Waals surface area contributed by atoms with Gasteiger partial charge < -0.3 is 5.11 Å². The Morgan fingerprint density at radius 2 is 1.67 bits per heavy atom. The van der Waals surface area contributed by atoms with E-state index in [0.29, 0.717) is 0 Å². The molecule has 0 aromatic heterocycles. The van der Waals surface area contributed by atoms with Gasteiger partial charge in [0.2, 0.25) is 0 Å². The second-order valence-electron chi connectivity index (χ2n) is 2.36. The van der Waals surface area contributed by atoms with Gasteiger partial charge in [-0.05, 0) is 12.1 Å². The van der Waals surface area contributed by atoms with E-state index in [1.54, 1.807) is 0 Å². The first-order valence-corrected chi connectivity index (χ1v) is 3.50. The van der Waals surface area contributed by atoms with Gasteiger partial charge in [-0.1, -0.05) is 6.07 Å². The van der Waals surface area contributed by atoms with Gasteiger partial charge in [0, 0.05) is 0 Å². The number of hydrogen-bond donors (Lipinski definition) is 2. The van der Waals surface area contributed by atoms with Gasteiger partial charge in [0.1, 0.15) is 17.2 Å². The van der Waals surface area contributed by atoms with E-state index >= 15 is 0 Å². The number of carboxylic acid groups (broad SMARTS) is 1. The molecule has 15 heavy (non-hydrogen) atoms. The molecule has 0 heterocycles. The highest BCUT2D eigenvalue weighted by Crippen LogP contribution is 2.11. The first kappa shape index (κ1) is 13.3. The van der Waals surface area contributed by atoms with E-state index < -0.39 is 29.2 Å². The third-order valence-electron chi connectivity index (χ3n) is 1.41. The normalized spacial score (nSPS) is 8.93. The zero-order valence-corrected chi connectivity index (χ0v) is 7.98. The fraction of sp³-hybridized carbons (Fsp3) is 0. The van der Waals surface area contributed by atoms with Crippen LogP contribution in [0.3, 0.4) is 0 Å². The SMILES string of the molecule is Cl.O=C(O)NC(=O)c1c(F)cccc1F. The standard InChI is InChI=1S/C8H5F2NO3.ClH/c9-4-2-1-3-5(10)6(4)7(12)11-8(13)14;/h1-3H,(H,11,12)(H,13,14);1H. The molecular weight excluding hydrogens is 232 g/mol. The van der Waals surface area contributed by atoms with E-state index in [9.17, 15) is 18.4 Å². The molecule has 7 heteroatoms. The van der Waals surface area contributed by atoms with Crippen LogP contribution in [0.4, 0.5) is 13.6 Å². The Bertz CT molecular complexity index is 377. The van der Waals surface area contributed by atoms with Crippen molar-refractivity contribution in [2.45, 2.75) is 0 Å². The highest BCUT2D eigenvalue weighted by Gasteiger charge is 2.18. The van der Waals surface area contributed by atoms with E-state index in [1.807, 2.05) is 0 Å². The summed E-state index contributed by atoms with van der Waals surface area (Å²) in [5, 5.41) is 9.49. The van der Waals surface area contributed by atoms with Gasteiger partial charge in [-0.25, -0.2) is 13.6 Å². The molecule has 0 atom stereocenters. The monoisotopic (exact) mass is 237 g/mol. The highest BCUT2D eigenvalue weighted by molar-refractivity contribution is 6.02. The summed E-state index contributed by atoms with van der Waals surface area (Å²) in [5.74, 6) is -3.54. The smallest absolute Gasteiger partial charge is 0.411 e. The third-order valence-corrected chi connectivity index (χ3v) is 1.41. The molecule has 1 aromatic carbocycles. The summed E-state index contributed by atoms with van der Waals surface area (Å²) >= 11 is 0. The molecule has 0 aliphatic heterocycles. The lowest BCUT2D eigenvalue weighted by Gasteiger charge is -2.02. The number of carbonyl (C=O) groups is 2. The van der Waals surface area contributed by atoms with Gasteiger partial charge in [0.15, 0.2) is 0 Å². The molecule has 0 unspecified atom stereocenters. The molecule has 2 N–H and O–H groups in total. The fourth-order valence-corrected chi connectivity index (χ4v) is 0.874. The van der Waals surface area contributed by atoms with Gasteiger partial charge in [-0.3, -0.25) is 10.1 Å². The molecule has 0 saturated carbocycles. The number of imide groups is 1. The van der Waals surface area contributed by atoms with Crippen molar-refractivity contribution in [2.24, 2.45) is 0 Å². The summed E-state index contributed by atoms with van der Waals surface area (Å²) < 4.78 is 25.7. The van der Waals surface area contributed by atoms with Crippen LogP contribution < -0.4 is 5.32 Å². The van der Waals surface area contributed by atoms with Gasteiger partial charge in [-0.15, -0.1) is 12.4 Å². The lowest BCUT2D eigenvalue weighted by molar-refractivity contribution is 0.0940. The van der Waals surface area contributed by atoms with Crippen LogP contribution in [0.2, 0.25) is 0 Å². The average Bonchev–Trinajstić information content (AvgIpc) is 2.01. The second kappa shape index (κ2) is 5.26. The van der Waals surface area contributed by atoms with Crippen molar-refractivity contribution >= 4 is 24.4 Å². The van der Waals surface area contributed by atoms with Crippen molar-refractivity contribution in [3.05, 3.63) is 35.4 Å². The Labute approximate surface area is 89.3 Å². The molecule has 0 aliphatic rings. The number of nitrogens with one attached hydrogen (secondary N) is 1. The Balaban J connectivity index is 0.00000196. The van der Waals surface area contributed by atoms with E-state index in [0.717, 1.165) is 18.2 Å². The van der Waals surface area contributed by atoms with Crippen LogP contribution in [0.15, 0.2) is 18.2 Å². The number of benzene rings is 1. The highest BCUT2D eigenvalue weighted by atomic mass is 35.5. The molecule has 0 saturated heterocycles. The van der Waals surface area contributed by atoms with Crippen LogP contribution in [0.5, 0.6) is 0 Å². The van der Waals surface area contributed by atoms with Gasteiger partial charge in [-0.2, -0.15) is 0 Å². The topological polar surface area (TPSA) is 66.4 Å². The lowest BCUT2D eigenvalue weighted by atomic mass is 10.2. The summed E-state index contributed by atoms with van der Waals surface area (Å²) in [6, 6.07) is 2.79. The Morgan fingerprint density at radius 3 is 2.07 bits per heavy atom. The third kappa shape index (κ3) is 3.17. The lowest BCUT2D eigenvalue weighted by Crippen LogP contribution is -2.30. The predicted molar refractivity (Wildman–Crippen MR) is 49.1 cm³/mol. The van der Waals surface area contributed by atoms with Crippen molar-refractivity contribution in [1.82, 2.24) is 5.32 Å². The zero-order valence-electron chi connectivity index (χ0n) is 7.16. The van der Waals surface area contributed by atoms with Crippen LogP contribution in [-0.4, -0.2) is 17.1 Å². The number of rotatable bonds is 1. The number of amides is 2. The minimum Gasteiger partial charge on any atom is -0.465 e. The van der Waals surface area contributed by atoms with Crippen LogP contribution in [0, 0.1) is 11.6 Å². The Kier molecular flexibility index (Phi) is 4.66. The van der Waals surface area contributed by atoms with Crippen LogP contribution in [0.1, 0.15) is 10.4 Å². The van der Waals surface area contributed by atoms with E-state index in [1.165, 1.54) is 5.32 Å². The molecule has 0 fully saturated rings. The second-order valence-corrected chi connectivity index (χ2v) is 2.36. The summed E-state index contributed by atoms with van der Waals surface area (Å²) in [7, 11) is 0. The van der Waals surface area contributed by atoms with Gasteiger partial charge in [0.25, 0.3) is 5.91 Å². The van der Waals surface area contributed by atoms with E-state index in [-0.39, 0.29) is 12.4 Å². The van der Waals surface area contributed by atoms with Crippen LogP contribution >= 0.6 is 12.4 Å². The molecule has 0 bridgehead atoms. The molecular formula is C8H6ClF2NO3. The van der Waals surface area contributed by atoms with Crippen molar-refractivity contribution < 1.29 is 23.5 Å². The quantitative estimate of drug-likeness (QED) is 0.783. The first-order valence-electron chi connectivity index (χ1n) is 3.50. The summed E-state index contributed by atoms with van der Waals surface area (Å²) in [6.45, 7) is 0. The molecule has 1 aromatic rings. The van der Waals surface area contributed by atoms with Gasteiger partial charge in [0.05, 0.1) is 0 Å². The Morgan fingerprint density at radius 1 is 1.20 bits per heavy atom. The zero-order chi connectivity index (χ0) is 10.7. The summed E-state index contributed by atoms with van der Waals surface area (Å²) in [6.07, 6.45) is -1.67. The predicted octanol–water partition coefficient (Wildman–Crippen LogP) is 1.79. The van der Waals surface area contributed by atoms with E-state index in [2.05, 4.69) is 0 Å². The number of carbonyl (C=O) groups excluding carboxylic acids is 1. The van der Waals surface area contributed by atoms with Crippen molar-refractivity contribution in [2.75, 3.05) is 0 Å². The van der Waals surface area contributed by atoms with E-state index in [4.69, 9.17) is 5.11 Å². The minimum absolute atomic E-state index is 0. The molecule has 0 radical (unpaired) electrons. The first-order chi connectivity index (χ1) is 6.52. The Hall–Kier alpha value is -1.69. The van der Waals surface area contributed by atoms with Crippen molar-refractivity contribution in [3.63, 3.8) is 0 Å². The van der Waals surface area contributed by atoms with Crippen molar-refractivity contribution in [3.8, 4) is 0 Å². The molecule has 1 rings (SSSR count). The molecule has 82 valence electrons. The van der Waals surface area contributed by atoms with Gasteiger partial charge >= 0.3 is 6.09 Å². The largest absolute Gasteiger partial charge is 0.465 e. The van der Waals surface area contributed by atoms with Crippen molar-refractivity contribution in [1.29, 1.82) is 0 Å². The number of hydrogen-bond acceptors (Lipinski definition) is 2. The molecule has 4 nitrogen and oxygen atoms in total. The maximum absolute atomic E-state index is 12.9. The summed E-state index contributed by atoms with van der Waals surface area (Å²) in [4.78, 5) is 21.0.